The minimum absolute atomic E-state index is 0.0601. The molecule has 206 valence electrons. The number of carbonyl (C=O) groups is 2. The number of amides is 1. The smallest absolute Gasteiger partial charge is 0.326 e. The maximum absolute atomic E-state index is 12.9. The molecule has 0 aromatic heterocycles. The van der Waals surface area contributed by atoms with Gasteiger partial charge in [-0.1, -0.05) is 31.5 Å². The van der Waals surface area contributed by atoms with Gasteiger partial charge in [-0.25, -0.2) is 8.42 Å². The highest BCUT2D eigenvalue weighted by Gasteiger charge is 2.30. The Labute approximate surface area is 222 Å². The van der Waals surface area contributed by atoms with Crippen LogP contribution >= 0.6 is 0 Å². The van der Waals surface area contributed by atoms with Gasteiger partial charge in [0.15, 0.2) is 6.10 Å². The molecule has 3 unspecified atom stereocenters. The molecule has 0 aliphatic carbocycles. The van der Waals surface area contributed by atoms with Crippen LogP contribution in [0.3, 0.4) is 0 Å². The number of piperidine rings is 1. The van der Waals surface area contributed by atoms with Crippen LogP contribution in [0.1, 0.15) is 38.3 Å². The summed E-state index contributed by atoms with van der Waals surface area (Å²) in [6, 6.07) is 8.53. The van der Waals surface area contributed by atoms with Crippen molar-refractivity contribution in [2.24, 2.45) is 11.8 Å². The van der Waals surface area contributed by atoms with Crippen molar-refractivity contribution in [2.75, 3.05) is 29.7 Å². The first-order valence-corrected chi connectivity index (χ1v) is 13.9. The lowest BCUT2D eigenvalue weighted by Gasteiger charge is -2.36. The van der Waals surface area contributed by atoms with Crippen LogP contribution in [0.15, 0.2) is 41.3 Å². The summed E-state index contributed by atoms with van der Waals surface area (Å²) in [5, 5.41) is 14.3. The van der Waals surface area contributed by atoms with Crippen LogP contribution in [0.25, 0.3) is 0 Å². The molecular formula is C26H34N4O7S. The molecule has 38 heavy (non-hydrogen) atoms. The van der Waals surface area contributed by atoms with Crippen LogP contribution in [-0.2, 0) is 24.3 Å². The molecule has 2 aromatic carbocycles. The summed E-state index contributed by atoms with van der Waals surface area (Å²) in [4.78, 5) is 37.4. The van der Waals surface area contributed by atoms with E-state index < -0.39 is 39.3 Å². The number of aryl methyl sites for hydroxylation is 2. The molecule has 0 spiro atoms. The fraction of sp³-hybridized carbons (Fsp3) is 0.462. The van der Waals surface area contributed by atoms with E-state index >= 15 is 0 Å². The van der Waals surface area contributed by atoms with E-state index in [1.165, 1.54) is 19.1 Å². The lowest BCUT2D eigenvalue weighted by Crippen LogP contribution is -2.47. The molecule has 1 heterocycles. The second-order valence-corrected chi connectivity index (χ2v) is 11.7. The number of anilines is 2. The first-order valence-electron chi connectivity index (χ1n) is 12.4. The van der Waals surface area contributed by atoms with Gasteiger partial charge in [-0.15, -0.1) is 0 Å². The van der Waals surface area contributed by atoms with Crippen molar-refractivity contribution in [2.45, 2.75) is 52.0 Å². The fourth-order valence-electron chi connectivity index (χ4n) is 4.67. The van der Waals surface area contributed by atoms with Gasteiger partial charge in [-0.3, -0.25) is 24.4 Å². The summed E-state index contributed by atoms with van der Waals surface area (Å²) < 4.78 is 33.5. The van der Waals surface area contributed by atoms with Gasteiger partial charge in [-0.2, -0.15) is 0 Å². The number of hydrogen-bond donors (Lipinski definition) is 2. The molecule has 3 atom stereocenters. The van der Waals surface area contributed by atoms with Gasteiger partial charge in [0.25, 0.3) is 21.6 Å². The van der Waals surface area contributed by atoms with Crippen LogP contribution in [0.2, 0.25) is 0 Å². The number of likely N-dealkylation sites (tertiary alicyclic amines) is 1. The monoisotopic (exact) mass is 546 g/mol. The normalized spacial score (nSPS) is 18.4. The first-order chi connectivity index (χ1) is 17.8. The van der Waals surface area contributed by atoms with Gasteiger partial charge in [-0.05, 0) is 62.8 Å². The lowest BCUT2D eigenvalue weighted by atomic mass is 9.91. The maximum Gasteiger partial charge on any atom is 0.326 e. The SMILES string of the molecule is Cc1ccc(NS(=O)(=O)c2ccc(NCC(=O)OC(C)C(=O)N3CC(C)CC(C)C3)c([N+](=O)[O-])c2)c(C)c1. The van der Waals surface area contributed by atoms with Crippen LogP contribution in [0.4, 0.5) is 17.1 Å². The lowest BCUT2D eigenvalue weighted by molar-refractivity contribution is -0.384. The van der Waals surface area contributed by atoms with Gasteiger partial charge in [0.1, 0.15) is 12.2 Å². The molecular weight excluding hydrogens is 512 g/mol. The first kappa shape index (κ1) is 28.9. The van der Waals surface area contributed by atoms with Crippen molar-refractivity contribution >= 4 is 39.0 Å². The molecule has 0 bridgehead atoms. The molecule has 3 rings (SSSR count). The Bertz CT molecular complexity index is 1320. The second kappa shape index (κ2) is 11.8. The highest BCUT2D eigenvalue weighted by molar-refractivity contribution is 7.92. The number of nitro benzene ring substituents is 1. The van der Waals surface area contributed by atoms with E-state index in [2.05, 4.69) is 23.9 Å². The predicted octanol–water partition coefficient (Wildman–Crippen LogP) is 3.86. The number of hydrogen-bond acceptors (Lipinski definition) is 8. The van der Waals surface area contributed by atoms with Crippen molar-refractivity contribution < 1.29 is 27.7 Å². The van der Waals surface area contributed by atoms with Gasteiger partial charge in [0, 0.05) is 19.2 Å². The van der Waals surface area contributed by atoms with Crippen molar-refractivity contribution in [1.82, 2.24) is 4.90 Å². The summed E-state index contributed by atoms with van der Waals surface area (Å²) in [7, 11) is -4.11. The average Bonchev–Trinajstić information content (AvgIpc) is 2.83. The third kappa shape index (κ3) is 7.21. The molecule has 2 N–H and O–H groups in total. The highest BCUT2D eigenvalue weighted by atomic mass is 32.2. The molecule has 1 aliphatic rings. The van der Waals surface area contributed by atoms with E-state index in [0.717, 1.165) is 18.1 Å². The van der Waals surface area contributed by atoms with Gasteiger partial charge < -0.3 is 15.0 Å². The molecule has 1 saturated heterocycles. The topological polar surface area (TPSA) is 148 Å². The average molecular weight is 547 g/mol. The zero-order valence-corrected chi connectivity index (χ0v) is 23.0. The Kier molecular flexibility index (Phi) is 8.97. The van der Waals surface area contributed by atoms with Gasteiger partial charge in [0.2, 0.25) is 0 Å². The number of carbonyl (C=O) groups excluding carboxylic acids is 2. The quantitative estimate of drug-likeness (QED) is 0.274. The Hall–Kier alpha value is -3.67. The van der Waals surface area contributed by atoms with E-state index in [-0.39, 0.29) is 16.5 Å². The summed E-state index contributed by atoms with van der Waals surface area (Å²) >= 11 is 0. The Morgan fingerprint density at radius 3 is 2.34 bits per heavy atom. The zero-order chi connectivity index (χ0) is 28.2. The van der Waals surface area contributed by atoms with E-state index in [1.54, 1.807) is 24.0 Å². The van der Waals surface area contributed by atoms with Crippen LogP contribution in [0, 0.1) is 35.8 Å². The van der Waals surface area contributed by atoms with Crippen LogP contribution in [0.5, 0.6) is 0 Å². The minimum Gasteiger partial charge on any atom is -0.451 e. The van der Waals surface area contributed by atoms with E-state index in [9.17, 15) is 28.1 Å². The number of sulfonamides is 1. The van der Waals surface area contributed by atoms with Crippen molar-refractivity contribution in [3.8, 4) is 0 Å². The standard InChI is InChI=1S/C26H34N4O7S/c1-16-6-8-22(19(4)11-16)28-38(35,36)21-7-9-23(24(12-21)30(33)34)27-13-25(31)37-20(5)26(32)29-14-17(2)10-18(3)15-29/h6-9,11-12,17-18,20,27-28H,10,13-15H2,1-5H3. The van der Waals surface area contributed by atoms with E-state index in [0.29, 0.717) is 36.2 Å². The molecule has 12 heteroatoms. The highest BCUT2D eigenvalue weighted by Crippen LogP contribution is 2.29. The Morgan fingerprint density at radius 1 is 1.11 bits per heavy atom. The molecule has 2 aromatic rings. The Balaban J connectivity index is 1.66. The minimum atomic E-state index is -4.11. The molecule has 0 saturated carbocycles. The van der Waals surface area contributed by atoms with Gasteiger partial charge in [0.05, 0.1) is 15.5 Å². The zero-order valence-electron chi connectivity index (χ0n) is 22.2. The summed E-state index contributed by atoms with van der Waals surface area (Å²) in [6.45, 7) is 10.0. The predicted molar refractivity (Wildman–Crippen MR) is 143 cm³/mol. The molecule has 1 aliphatic heterocycles. The summed E-state index contributed by atoms with van der Waals surface area (Å²) in [5.41, 5.74) is 1.44. The van der Waals surface area contributed by atoms with Crippen molar-refractivity contribution in [3.05, 3.63) is 57.6 Å². The number of nitro groups is 1. The van der Waals surface area contributed by atoms with Crippen LogP contribution in [-0.4, -0.2) is 55.9 Å². The molecule has 11 nitrogen and oxygen atoms in total. The van der Waals surface area contributed by atoms with Crippen LogP contribution < -0.4 is 10.0 Å². The third-order valence-electron chi connectivity index (χ3n) is 6.36. The van der Waals surface area contributed by atoms with E-state index in [1.807, 2.05) is 13.0 Å². The number of ether oxygens (including phenoxy) is 1. The number of esters is 1. The van der Waals surface area contributed by atoms with Crippen molar-refractivity contribution in [3.63, 3.8) is 0 Å². The third-order valence-corrected chi connectivity index (χ3v) is 7.73. The number of rotatable bonds is 9. The number of nitrogens with one attached hydrogen (secondary N) is 2. The maximum atomic E-state index is 12.9. The number of benzene rings is 2. The van der Waals surface area contributed by atoms with E-state index in [4.69, 9.17) is 4.74 Å². The van der Waals surface area contributed by atoms with Crippen molar-refractivity contribution in [1.29, 1.82) is 0 Å². The molecule has 1 fully saturated rings. The van der Waals surface area contributed by atoms with Gasteiger partial charge >= 0.3 is 5.97 Å². The summed E-state index contributed by atoms with van der Waals surface area (Å²) in [5.74, 6) is -0.341. The summed E-state index contributed by atoms with van der Waals surface area (Å²) in [6.07, 6.45) is 0.0307. The second-order valence-electron chi connectivity index (χ2n) is 10.0. The number of nitrogens with zero attached hydrogens (tertiary/aromatic N) is 2. The molecule has 0 radical (unpaired) electrons. The largest absolute Gasteiger partial charge is 0.451 e. The Morgan fingerprint density at radius 2 is 1.74 bits per heavy atom. The fourth-order valence-corrected chi connectivity index (χ4v) is 5.82. The molecule has 1 amide bonds.